The molecular formula is C15H20N4O. The summed E-state index contributed by atoms with van der Waals surface area (Å²) in [5.41, 5.74) is 1.97. The van der Waals surface area contributed by atoms with E-state index < -0.39 is 0 Å². The Kier molecular flexibility index (Phi) is 4.40. The first-order chi connectivity index (χ1) is 9.63. The van der Waals surface area contributed by atoms with Gasteiger partial charge in [-0.15, -0.1) is 0 Å². The number of aryl methyl sites for hydroxylation is 1. The Balaban J connectivity index is 2.23. The molecule has 0 radical (unpaired) electrons. The summed E-state index contributed by atoms with van der Waals surface area (Å²) in [6.07, 6.45) is 0. The van der Waals surface area contributed by atoms with Gasteiger partial charge >= 0.3 is 0 Å². The highest BCUT2D eigenvalue weighted by molar-refractivity contribution is 5.57. The molecule has 2 aromatic rings. The number of methoxy groups -OCH3 is 1. The van der Waals surface area contributed by atoms with Gasteiger partial charge in [0.1, 0.15) is 17.4 Å². The van der Waals surface area contributed by atoms with Gasteiger partial charge in [0.2, 0.25) is 0 Å². The molecule has 0 aliphatic heterocycles. The van der Waals surface area contributed by atoms with Crippen molar-refractivity contribution in [3.8, 4) is 5.75 Å². The molecule has 0 aliphatic carbocycles. The van der Waals surface area contributed by atoms with Crippen LogP contribution in [0.3, 0.4) is 0 Å². The van der Waals surface area contributed by atoms with Crippen LogP contribution in [-0.2, 0) is 6.54 Å². The summed E-state index contributed by atoms with van der Waals surface area (Å²) >= 11 is 0. The van der Waals surface area contributed by atoms with Crippen molar-refractivity contribution in [2.24, 2.45) is 0 Å². The van der Waals surface area contributed by atoms with Gasteiger partial charge in [-0.1, -0.05) is 12.1 Å². The van der Waals surface area contributed by atoms with E-state index in [0.717, 1.165) is 28.8 Å². The van der Waals surface area contributed by atoms with Crippen LogP contribution in [0.4, 0.5) is 11.5 Å². The molecular weight excluding hydrogens is 252 g/mol. The molecule has 20 heavy (non-hydrogen) atoms. The fourth-order valence-electron chi connectivity index (χ4n) is 2.07. The van der Waals surface area contributed by atoms with Crippen molar-refractivity contribution in [3.63, 3.8) is 0 Å². The Morgan fingerprint density at radius 3 is 2.70 bits per heavy atom. The first-order valence-electron chi connectivity index (χ1n) is 6.50. The highest BCUT2D eigenvalue weighted by Gasteiger charge is 2.10. The van der Waals surface area contributed by atoms with Gasteiger partial charge in [0.25, 0.3) is 0 Å². The number of hydrogen-bond donors (Lipinski definition) is 1. The van der Waals surface area contributed by atoms with Gasteiger partial charge in [-0.3, -0.25) is 0 Å². The smallest absolute Gasteiger partial charge is 0.150 e. The minimum Gasteiger partial charge on any atom is -0.495 e. The lowest BCUT2D eigenvalue weighted by atomic mass is 10.2. The second kappa shape index (κ2) is 6.23. The number of ether oxygens (including phenoxy) is 1. The van der Waals surface area contributed by atoms with Crippen LogP contribution in [0.2, 0.25) is 0 Å². The van der Waals surface area contributed by atoms with E-state index in [1.165, 1.54) is 0 Å². The fourth-order valence-corrected chi connectivity index (χ4v) is 2.07. The quantitative estimate of drug-likeness (QED) is 0.906. The molecule has 0 unspecified atom stereocenters. The third-order valence-electron chi connectivity index (χ3n) is 3.03. The van der Waals surface area contributed by atoms with Crippen molar-refractivity contribution in [1.29, 1.82) is 0 Å². The number of hydrogen-bond acceptors (Lipinski definition) is 5. The largest absolute Gasteiger partial charge is 0.495 e. The van der Waals surface area contributed by atoms with Gasteiger partial charge in [0, 0.05) is 25.9 Å². The van der Waals surface area contributed by atoms with Crippen LogP contribution < -0.4 is 15.0 Å². The average Bonchev–Trinajstić information content (AvgIpc) is 2.46. The second-order valence-electron chi connectivity index (χ2n) is 4.59. The maximum absolute atomic E-state index is 5.38. The lowest BCUT2D eigenvalue weighted by Gasteiger charge is -2.21. The highest BCUT2D eigenvalue weighted by Crippen LogP contribution is 2.27. The number of nitrogens with one attached hydrogen (secondary N) is 1. The summed E-state index contributed by atoms with van der Waals surface area (Å²) in [7, 11) is 5.53. The summed E-state index contributed by atoms with van der Waals surface area (Å²) in [6.45, 7) is 2.59. The molecule has 2 rings (SSSR count). The van der Waals surface area contributed by atoms with Crippen LogP contribution in [0, 0.1) is 6.92 Å². The maximum Gasteiger partial charge on any atom is 0.150 e. The van der Waals surface area contributed by atoms with E-state index >= 15 is 0 Å². The fraction of sp³-hybridized carbons (Fsp3) is 0.333. The van der Waals surface area contributed by atoms with Crippen molar-refractivity contribution in [3.05, 3.63) is 41.9 Å². The zero-order valence-corrected chi connectivity index (χ0v) is 12.3. The molecule has 5 nitrogen and oxygen atoms in total. The van der Waals surface area contributed by atoms with E-state index in [-0.39, 0.29) is 0 Å². The van der Waals surface area contributed by atoms with Crippen LogP contribution in [0.5, 0.6) is 5.75 Å². The maximum atomic E-state index is 5.38. The lowest BCUT2D eigenvalue weighted by molar-refractivity contribution is 0.414. The summed E-state index contributed by atoms with van der Waals surface area (Å²) < 4.78 is 5.38. The monoisotopic (exact) mass is 272 g/mol. The second-order valence-corrected chi connectivity index (χ2v) is 4.59. The molecule has 0 saturated heterocycles. The van der Waals surface area contributed by atoms with E-state index in [4.69, 9.17) is 4.74 Å². The van der Waals surface area contributed by atoms with Crippen LogP contribution in [0.25, 0.3) is 0 Å². The van der Waals surface area contributed by atoms with Crippen LogP contribution in [0.15, 0.2) is 30.3 Å². The van der Waals surface area contributed by atoms with E-state index in [2.05, 4.69) is 20.2 Å². The average molecular weight is 272 g/mol. The number of nitrogens with zero attached hydrogens (tertiary/aromatic N) is 3. The Bertz CT molecular complexity index is 586. The third kappa shape index (κ3) is 3.17. The van der Waals surface area contributed by atoms with Gasteiger partial charge < -0.3 is 15.0 Å². The van der Waals surface area contributed by atoms with Crippen molar-refractivity contribution in [1.82, 2.24) is 9.97 Å². The summed E-state index contributed by atoms with van der Waals surface area (Å²) in [4.78, 5) is 11.0. The topological polar surface area (TPSA) is 50.3 Å². The number of para-hydroxylation sites is 2. The van der Waals surface area contributed by atoms with E-state index in [9.17, 15) is 0 Å². The Labute approximate surface area is 119 Å². The van der Waals surface area contributed by atoms with Crippen LogP contribution in [0.1, 0.15) is 11.5 Å². The van der Waals surface area contributed by atoms with Crippen molar-refractivity contribution in [2.45, 2.75) is 13.5 Å². The lowest BCUT2D eigenvalue weighted by Crippen LogP contribution is -2.19. The van der Waals surface area contributed by atoms with E-state index in [1.54, 1.807) is 7.11 Å². The Morgan fingerprint density at radius 1 is 1.25 bits per heavy atom. The first kappa shape index (κ1) is 14.1. The number of rotatable bonds is 5. The Morgan fingerprint density at radius 2 is 2.00 bits per heavy atom. The van der Waals surface area contributed by atoms with Gasteiger partial charge in [-0.05, 0) is 19.1 Å². The van der Waals surface area contributed by atoms with Crippen LogP contribution >= 0.6 is 0 Å². The molecule has 0 fully saturated rings. The normalized spacial score (nSPS) is 10.2. The van der Waals surface area contributed by atoms with E-state index in [1.807, 2.05) is 51.4 Å². The molecule has 0 saturated carbocycles. The minimum atomic E-state index is 0.622. The molecule has 1 heterocycles. The van der Waals surface area contributed by atoms with Gasteiger partial charge in [-0.2, -0.15) is 0 Å². The first-order valence-corrected chi connectivity index (χ1v) is 6.50. The van der Waals surface area contributed by atoms with E-state index in [0.29, 0.717) is 6.54 Å². The van der Waals surface area contributed by atoms with Gasteiger partial charge in [-0.25, -0.2) is 9.97 Å². The molecule has 5 heteroatoms. The molecule has 0 aliphatic rings. The zero-order valence-electron chi connectivity index (χ0n) is 12.3. The summed E-state index contributed by atoms with van der Waals surface area (Å²) in [5.74, 6) is 2.46. The molecule has 1 aromatic carbocycles. The molecule has 0 bridgehead atoms. The molecule has 1 N–H and O–H groups in total. The standard InChI is InChI=1S/C15H20N4O/c1-11-9-14(16-2)18-15(17-11)10-19(3)12-7-5-6-8-13(12)20-4/h5-9H,10H2,1-4H3,(H,16,17,18). The molecule has 106 valence electrons. The molecule has 0 amide bonds. The molecule has 0 atom stereocenters. The summed E-state index contributed by atoms with van der Waals surface area (Å²) in [6, 6.07) is 9.84. The minimum absolute atomic E-state index is 0.622. The van der Waals surface area contributed by atoms with Crippen molar-refractivity contribution < 1.29 is 4.74 Å². The number of benzene rings is 1. The zero-order chi connectivity index (χ0) is 14.5. The molecule has 0 spiro atoms. The predicted octanol–water partition coefficient (Wildman–Crippen LogP) is 2.47. The third-order valence-corrected chi connectivity index (χ3v) is 3.03. The predicted molar refractivity (Wildman–Crippen MR) is 81.4 cm³/mol. The Hall–Kier alpha value is -2.30. The van der Waals surface area contributed by atoms with Crippen molar-refractivity contribution in [2.75, 3.05) is 31.4 Å². The summed E-state index contributed by atoms with van der Waals surface area (Å²) in [5, 5.41) is 3.05. The van der Waals surface area contributed by atoms with Gasteiger partial charge in [0.15, 0.2) is 0 Å². The number of anilines is 2. The van der Waals surface area contributed by atoms with Crippen LogP contribution in [-0.4, -0.2) is 31.2 Å². The van der Waals surface area contributed by atoms with Gasteiger partial charge in [0.05, 0.1) is 19.3 Å². The number of aromatic nitrogens is 2. The SMILES string of the molecule is CNc1cc(C)nc(CN(C)c2ccccc2OC)n1. The van der Waals surface area contributed by atoms with Crippen molar-refractivity contribution >= 4 is 11.5 Å². The molecule has 1 aromatic heterocycles. The highest BCUT2D eigenvalue weighted by atomic mass is 16.5.